The third-order valence-corrected chi connectivity index (χ3v) is 3.62. The zero-order valence-corrected chi connectivity index (χ0v) is 14.3. The summed E-state index contributed by atoms with van der Waals surface area (Å²) in [4.78, 5) is 22.4. The molecular weight excluding hydrogens is 367 g/mol. The smallest absolute Gasteiger partial charge is 0.416 e. The van der Waals surface area contributed by atoms with Gasteiger partial charge in [0.1, 0.15) is 17.5 Å². The Morgan fingerprint density at radius 1 is 1.22 bits per heavy atom. The van der Waals surface area contributed by atoms with Crippen LogP contribution < -0.4 is 15.4 Å². The topological polar surface area (TPSA) is 93.5 Å². The maximum absolute atomic E-state index is 12.7. The number of nitro groups is 1. The number of nitro benzene ring substituents is 1. The van der Waals surface area contributed by atoms with Crippen LogP contribution in [0.4, 0.5) is 30.2 Å². The predicted molar refractivity (Wildman–Crippen MR) is 92.8 cm³/mol. The van der Waals surface area contributed by atoms with Gasteiger partial charge in [-0.05, 0) is 31.2 Å². The third-order valence-electron chi connectivity index (χ3n) is 3.62. The zero-order chi connectivity index (χ0) is 20.2. The summed E-state index contributed by atoms with van der Waals surface area (Å²) in [7, 11) is 1.47. The van der Waals surface area contributed by atoms with Crippen LogP contribution in [0.25, 0.3) is 0 Å². The number of nitrogens with one attached hydrogen (secondary N) is 2. The Hall–Kier alpha value is -3.30. The van der Waals surface area contributed by atoms with Crippen molar-refractivity contribution >= 4 is 23.0 Å². The van der Waals surface area contributed by atoms with Crippen LogP contribution in [0.15, 0.2) is 42.5 Å². The molecule has 0 aromatic heterocycles. The van der Waals surface area contributed by atoms with E-state index in [9.17, 15) is 28.1 Å². The molecule has 0 aliphatic rings. The molecule has 0 heterocycles. The van der Waals surface area contributed by atoms with Gasteiger partial charge in [0, 0.05) is 17.8 Å². The van der Waals surface area contributed by atoms with E-state index in [1.807, 2.05) is 0 Å². The summed E-state index contributed by atoms with van der Waals surface area (Å²) in [5.74, 6) is -0.00996. The molecule has 0 unspecified atom stereocenters. The number of halogens is 3. The van der Waals surface area contributed by atoms with Crippen LogP contribution >= 0.6 is 0 Å². The third kappa shape index (κ3) is 5.09. The van der Waals surface area contributed by atoms with E-state index in [-0.39, 0.29) is 5.69 Å². The van der Waals surface area contributed by atoms with Gasteiger partial charge in [0.15, 0.2) is 0 Å². The Morgan fingerprint density at radius 2 is 1.93 bits per heavy atom. The van der Waals surface area contributed by atoms with Crippen LogP contribution in [0.3, 0.4) is 0 Å². The lowest BCUT2D eigenvalue weighted by Gasteiger charge is -2.16. The number of alkyl halides is 3. The first-order valence-corrected chi connectivity index (χ1v) is 7.69. The monoisotopic (exact) mass is 383 g/mol. The van der Waals surface area contributed by atoms with Crippen molar-refractivity contribution < 1.29 is 27.6 Å². The standard InChI is InChI=1S/C17H16F3N3O4/c1-10(16(24)22-12-4-3-5-13(9-12)27-2)21-14-7-6-11(17(18,19)20)8-15(14)23(25)26/h3-10,21H,1-2H3,(H,22,24)/t10-/m0/s1. The van der Waals surface area contributed by atoms with E-state index in [0.29, 0.717) is 23.6 Å². The van der Waals surface area contributed by atoms with Gasteiger partial charge in [0.05, 0.1) is 17.6 Å². The summed E-state index contributed by atoms with van der Waals surface area (Å²) in [5, 5.41) is 16.3. The first kappa shape index (κ1) is 20.0. The van der Waals surface area contributed by atoms with Gasteiger partial charge in [0.2, 0.25) is 5.91 Å². The maximum Gasteiger partial charge on any atom is 0.416 e. The average Bonchev–Trinajstić information content (AvgIpc) is 2.60. The van der Waals surface area contributed by atoms with Crippen molar-refractivity contribution in [3.63, 3.8) is 0 Å². The second-order valence-corrected chi connectivity index (χ2v) is 5.57. The van der Waals surface area contributed by atoms with Crippen LogP contribution in [-0.2, 0) is 11.0 Å². The molecule has 0 fully saturated rings. The number of hydrogen-bond donors (Lipinski definition) is 2. The molecule has 0 spiro atoms. The maximum atomic E-state index is 12.7. The first-order chi connectivity index (χ1) is 12.6. The van der Waals surface area contributed by atoms with Gasteiger partial charge in [-0.1, -0.05) is 6.07 Å². The molecule has 0 saturated carbocycles. The molecule has 2 rings (SSSR count). The molecule has 2 N–H and O–H groups in total. The minimum absolute atomic E-state index is 0.193. The van der Waals surface area contributed by atoms with Crippen molar-refractivity contribution in [2.75, 3.05) is 17.7 Å². The number of carbonyl (C=O) groups excluding carboxylic acids is 1. The number of methoxy groups -OCH3 is 1. The Labute approximate surface area is 152 Å². The largest absolute Gasteiger partial charge is 0.497 e. The summed E-state index contributed by atoms with van der Waals surface area (Å²) in [5.41, 5.74) is -1.67. The Morgan fingerprint density at radius 3 is 2.52 bits per heavy atom. The minimum Gasteiger partial charge on any atom is -0.497 e. The lowest BCUT2D eigenvalue weighted by Crippen LogP contribution is -2.32. The Kier molecular flexibility index (Phi) is 5.88. The Balaban J connectivity index is 2.17. The second-order valence-electron chi connectivity index (χ2n) is 5.57. The van der Waals surface area contributed by atoms with Gasteiger partial charge in [-0.2, -0.15) is 13.2 Å². The summed E-state index contributed by atoms with van der Waals surface area (Å²) in [6.45, 7) is 1.43. The van der Waals surface area contributed by atoms with E-state index < -0.39 is 34.3 Å². The number of nitrogens with zero attached hydrogens (tertiary/aromatic N) is 1. The number of rotatable bonds is 6. The summed E-state index contributed by atoms with van der Waals surface area (Å²) in [6.07, 6.45) is -4.71. The van der Waals surface area contributed by atoms with Crippen LogP contribution in [0.2, 0.25) is 0 Å². The SMILES string of the molecule is COc1cccc(NC(=O)[C@H](C)Nc2ccc(C(F)(F)F)cc2[N+](=O)[O-])c1. The van der Waals surface area contributed by atoms with Gasteiger partial charge < -0.3 is 15.4 Å². The van der Waals surface area contributed by atoms with E-state index in [4.69, 9.17) is 4.74 Å². The second kappa shape index (κ2) is 7.94. The molecule has 0 bridgehead atoms. The fourth-order valence-corrected chi connectivity index (χ4v) is 2.23. The lowest BCUT2D eigenvalue weighted by atomic mass is 10.1. The number of anilines is 2. The van der Waals surface area contributed by atoms with Crippen molar-refractivity contribution in [2.24, 2.45) is 0 Å². The first-order valence-electron chi connectivity index (χ1n) is 7.69. The summed E-state index contributed by atoms with van der Waals surface area (Å²) < 4.78 is 43.3. The van der Waals surface area contributed by atoms with E-state index in [1.54, 1.807) is 24.3 Å². The van der Waals surface area contributed by atoms with E-state index in [0.717, 1.165) is 6.07 Å². The number of hydrogen-bond acceptors (Lipinski definition) is 5. The predicted octanol–water partition coefficient (Wildman–Crippen LogP) is 4.06. The van der Waals surface area contributed by atoms with Gasteiger partial charge in [0.25, 0.3) is 5.69 Å². The van der Waals surface area contributed by atoms with Crippen molar-refractivity contribution in [3.05, 3.63) is 58.1 Å². The number of benzene rings is 2. The number of amides is 1. The fraction of sp³-hybridized carbons (Fsp3) is 0.235. The number of ether oxygens (including phenoxy) is 1. The highest BCUT2D eigenvalue weighted by Crippen LogP contribution is 2.35. The molecule has 0 aliphatic heterocycles. The fourth-order valence-electron chi connectivity index (χ4n) is 2.23. The van der Waals surface area contributed by atoms with Crippen LogP contribution in [0, 0.1) is 10.1 Å². The van der Waals surface area contributed by atoms with E-state index >= 15 is 0 Å². The molecule has 2 aromatic rings. The highest BCUT2D eigenvalue weighted by molar-refractivity contribution is 5.96. The molecule has 1 atom stereocenters. The molecule has 10 heteroatoms. The van der Waals surface area contributed by atoms with Crippen LogP contribution in [0.1, 0.15) is 12.5 Å². The normalized spacial score (nSPS) is 12.2. The van der Waals surface area contributed by atoms with Crippen molar-refractivity contribution in [3.8, 4) is 5.75 Å². The van der Waals surface area contributed by atoms with Crippen molar-refractivity contribution in [1.29, 1.82) is 0 Å². The van der Waals surface area contributed by atoms with E-state index in [2.05, 4.69) is 10.6 Å². The Bertz CT molecular complexity index is 856. The molecule has 2 aromatic carbocycles. The zero-order valence-electron chi connectivity index (χ0n) is 14.3. The molecule has 0 radical (unpaired) electrons. The molecule has 27 heavy (non-hydrogen) atoms. The number of carbonyl (C=O) groups is 1. The van der Waals surface area contributed by atoms with Crippen molar-refractivity contribution in [2.45, 2.75) is 19.1 Å². The molecule has 7 nitrogen and oxygen atoms in total. The highest BCUT2D eigenvalue weighted by atomic mass is 19.4. The van der Waals surface area contributed by atoms with Gasteiger partial charge in [-0.3, -0.25) is 14.9 Å². The highest BCUT2D eigenvalue weighted by Gasteiger charge is 2.33. The average molecular weight is 383 g/mol. The van der Waals surface area contributed by atoms with Crippen LogP contribution in [0.5, 0.6) is 5.75 Å². The minimum atomic E-state index is -4.71. The van der Waals surface area contributed by atoms with Gasteiger partial charge >= 0.3 is 6.18 Å². The van der Waals surface area contributed by atoms with Crippen molar-refractivity contribution in [1.82, 2.24) is 0 Å². The summed E-state index contributed by atoms with van der Waals surface area (Å²) >= 11 is 0. The van der Waals surface area contributed by atoms with E-state index in [1.165, 1.54) is 14.0 Å². The quantitative estimate of drug-likeness (QED) is 0.580. The molecule has 0 saturated heterocycles. The molecular formula is C17H16F3N3O4. The molecule has 0 aliphatic carbocycles. The molecule has 144 valence electrons. The van der Waals surface area contributed by atoms with Gasteiger partial charge in [-0.25, -0.2) is 0 Å². The molecule has 1 amide bonds. The van der Waals surface area contributed by atoms with Crippen LogP contribution in [-0.4, -0.2) is 24.0 Å². The summed E-state index contributed by atoms with van der Waals surface area (Å²) in [6, 6.07) is 7.65. The lowest BCUT2D eigenvalue weighted by molar-refractivity contribution is -0.384. The van der Waals surface area contributed by atoms with Gasteiger partial charge in [-0.15, -0.1) is 0 Å².